The molecule has 1 aliphatic carbocycles. The molecule has 1 aliphatic rings. The van der Waals surface area contributed by atoms with Crippen molar-refractivity contribution in [2.75, 3.05) is 0 Å². The number of aryl methyl sites for hydroxylation is 1. The van der Waals surface area contributed by atoms with Crippen LogP contribution in [0.1, 0.15) is 54.1 Å². The number of primary amides is 1. The first-order valence-corrected chi connectivity index (χ1v) is 5.97. The first-order valence-electron chi connectivity index (χ1n) is 5.97. The monoisotopic (exact) mass is 235 g/mol. The van der Waals surface area contributed by atoms with Crippen LogP contribution in [0.2, 0.25) is 0 Å². The third-order valence-corrected chi connectivity index (χ3v) is 3.37. The highest BCUT2D eigenvalue weighted by molar-refractivity contribution is 5.93. The number of aromatic nitrogens is 2. The molecule has 0 atom stereocenters. The number of amides is 1. The summed E-state index contributed by atoms with van der Waals surface area (Å²) in [5.74, 6) is -0.297. The van der Waals surface area contributed by atoms with E-state index in [9.17, 15) is 9.59 Å². The largest absolute Gasteiger partial charge is 0.365 e. The van der Waals surface area contributed by atoms with Gasteiger partial charge in [-0.15, -0.1) is 0 Å². The van der Waals surface area contributed by atoms with E-state index in [1.165, 1.54) is 17.2 Å². The topological polar surface area (TPSA) is 78.0 Å². The second-order valence-electron chi connectivity index (χ2n) is 4.63. The molecule has 0 saturated heterocycles. The van der Waals surface area contributed by atoms with Gasteiger partial charge in [0.25, 0.3) is 5.91 Å². The Bertz CT molecular complexity index is 487. The molecule has 2 rings (SSSR count). The lowest BCUT2D eigenvalue weighted by atomic mass is 9.85. The standard InChI is InChI=1S/C12H17N3O2/c1-15-7-9(11(13)16)10(14-12(15)17)8-5-3-2-4-6-8/h7-8H,2-6H2,1H3,(H2,13,16). The molecule has 2 N–H and O–H groups in total. The minimum Gasteiger partial charge on any atom is -0.365 e. The minimum absolute atomic E-state index is 0.208. The summed E-state index contributed by atoms with van der Waals surface area (Å²) in [7, 11) is 1.58. The molecule has 0 unspecified atom stereocenters. The van der Waals surface area contributed by atoms with Crippen molar-refractivity contribution < 1.29 is 4.79 Å². The summed E-state index contributed by atoms with van der Waals surface area (Å²) in [5.41, 5.74) is 6.01. The number of hydrogen-bond donors (Lipinski definition) is 1. The smallest absolute Gasteiger partial charge is 0.347 e. The van der Waals surface area contributed by atoms with Crippen LogP contribution in [0, 0.1) is 0 Å². The van der Waals surface area contributed by atoms with Crippen LogP contribution in [-0.4, -0.2) is 15.5 Å². The molecular formula is C12H17N3O2. The lowest BCUT2D eigenvalue weighted by Crippen LogP contribution is -2.28. The number of carbonyl (C=O) groups is 1. The minimum atomic E-state index is -0.506. The van der Waals surface area contributed by atoms with Crippen molar-refractivity contribution in [3.05, 3.63) is 27.9 Å². The van der Waals surface area contributed by atoms with Crippen molar-refractivity contribution in [3.8, 4) is 0 Å². The summed E-state index contributed by atoms with van der Waals surface area (Å²) >= 11 is 0. The van der Waals surface area contributed by atoms with Gasteiger partial charge in [-0.25, -0.2) is 4.79 Å². The number of carbonyl (C=O) groups excluding carboxylic acids is 1. The molecular weight excluding hydrogens is 218 g/mol. The molecule has 17 heavy (non-hydrogen) atoms. The van der Waals surface area contributed by atoms with Crippen LogP contribution in [0.15, 0.2) is 11.0 Å². The molecule has 5 heteroatoms. The van der Waals surface area contributed by atoms with Gasteiger partial charge in [-0.05, 0) is 12.8 Å². The Hall–Kier alpha value is -1.65. The van der Waals surface area contributed by atoms with Gasteiger partial charge in [0.1, 0.15) is 0 Å². The van der Waals surface area contributed by atoms with Gasteiger partial charge >= 0.3 is 5.69 Å². The fourth-order valence-electron chi connectivity index (χ4n) is 2.43. The van der Waals surface area contributed by atoms with Crippen LogP contribution in [0.5, 0.6) is 0 Å². The maximum Gasteiger partial charge on any atom is 0.347 e. The number of hydrogen-bond acceptors (Lipinski definition) is 3. The third kappa shape index (κ3) is 2.38. The van der Waals surface area contributed by atoms with Gasteiger partial charge in [0.05, 0.1) is 11.3 Å². The van der Waals surface area contributed by atoms with E-state index in [1.54, 1.807) is 7.05 Å². The summed E-state index contributed by atoms with van der Waals surface area (Å²) in [5, 5.41) is 0. The van der Waals surface area contributed by atoms with E-state index >= 15 is 0 Å². The van der Waals surface area contributed by atoms with Gasteiger partial charge in [0, 0.05) is 19.2 Å². The van der Waals surface area contributed by atoms with Crippen molar-refractivity contribution in [1.82, 2.24) is 9.55 Å². The second-order valence-corrected chi connectivity index (χ2v) is 4.63. The average Bonchev–Trinajstić information content (AvgIpc) is 2.33. The Labute approximate surface area is 99.7 Å². The Morgan fingerprint density at radius 1 is 1.41 bits per heavy atom. The van der Waals surface area contributed by atoms with E-state index in [-0.39, 0.29) is 11.6 Å². The Morgan fingerprint density at radius 2 is 2.06 bits per heavy atom. The van der Waals surface area contributed by atoms with Crippen molar-refractivity contribution in [3.63, 3.8) is 0 Å². The molecule has 0 bridgehead atoms. The van der Waals surface area contributed by atoms with Crippen LogP contribution in [0.3, 0.4) is 0 Å². The van der Waals surface area contributed by atoms with Crippen LogP contribution in [0.4, 0.5) is 0 Å². The zero-order valence-electron chi connectivity index (χ0n) is 9.98. The number of nitrogens with two attached hydrogens (primary N) is 1. The van der Waals surface area contributed by atoms with Gasteiger partial charge in [-0.1, -0.05) is 19.3 Å². The van der Waals surface area contributed by atoms with E-state index < -0.39 is 5.91 Å². The summed E-state index contributed by atoms with van der Waals surface area (Å²) in [6.07, 6.45) is 6.94. The predicted molar refractivity (Wildman–Crippen MR) is 63.8 cm³/mol. The predicted octanol–water partition coefficient (Wildman–Crippen LogP) is 0.927. The molecule has 0 aromatic carbocycles. The van der Waals surface area contributed by atoms with Gasteiger partial charge in [-0.3, -0.25) is 4.79 Å². The van der Waals surface area contributed by atoms with E-state index in [1.807, 2.05) is 0 Å². The molecule has 1 fully saturated rings. The Morgan fingerprint density at radius 3 is 2.65 bits per heavy atom. The average molecular weight is 235 g/mol. The molecule has 0 spiro atoms. The summed E-state index contributed by atoms with van der Waals surface area (Å²) in [6, 6.07) is 0. The molecule has 92 valence electrons. The van der Waals surface area contributed by atoms with E-state index in [4.69, 9.17) is 5.73 Å². The molecule has 1 heterocycles. The van der Waals surface area contributed by atoms with Crippen LogP contribution >= 0.6 is 0 Å². The zero-order chi connectivity index (χ0) is 12.4. The highest BCUT2D eigenvalue weighted by Crippen LogP contribution is 2.32. The number of rotatable bonds is 2. The molecule has 1 aromatic rings. The molecule has 1 saturated carbocycles. The van der Waals surface area contributed by atoms with Gasteiger partial charge < -0.3 is 10.3 Å². The van der Waals surface area contributed by atoms with Crippen molar-refractivity contribution in [1.29, 1.82) is 0 Å². The lowest BCUT2D eigenvalue weighted by molar-refractivity contribution is 0.0997. The molecule has 0 aliphatic heterocycles. The third-order valence-electron chi connectivity index (χ3n) is 3.37. The molecule has 0 radical (unpaired) electrons. The highest BCUT2D eigenvalue weighted by Gasteiger charge is 2.23. The van der Waals surface area contributed by atoms with Gasteiger partial charge in [0.15, 0.2) is 0 Å². The first kappa shape index (κ1) is 11.8. The maximum absolute atomic E-state index is 11.6. The van der Waals surface area contributed by atoms with E-state index in [0.29, 0.717) is 11.3 Å². The van der Waals surface area contributed by atoms with Crippen molar-refractivity contribution in [2.45, 2.75) is 38.0 Å². The molecule has 1 amide bonds. The molecule has 1 aromatic heterocycles. The number of nitrogens with zero attached hydrogens (tertiary/aromatic N) is 2. The quantitative estimate of drug-likeness (QED) is 0.828. The van der Waals surface area contributed by atoms with E-state index in [2.05, 4.69) is 4.98 Å². The van der Waals surface area contributed by atoms with Crippen molar-refractivity contribution >= 4 is 5.91 Å². The summed E-state index contributed by atoms with van der Waals surface area (Å²) in [6.45, 7) is 0. The SMILES string of the molecule is Cn1cc(C(N)=O)c(C2CCCCC2)nc1=O. The van der Waals surface area contributed by atoms with Gasteiger partial charge in [0.2, 0.25) is 0 Å². The maximum atomic E-state index is 11.6. The Kier molecular flexibility index (Phi) is 3.26. The summed E-state index contributed by atoms with van der Waals surface area (Å²) in [4.78, 5) is 27.0. The fourth-order valence-corrected chi connectivity index (χ4v) is 2.43. The summed E-state index contributed by atoms with van der Waals surface area (Å²) < 4.78 is 1.30. The van der Waals surface area contributed by atoms with Crippen LogP contribution in [-0.2, 0) is 7.05 Å². The Balaban J connectivity index is 2.46. The van der Waals surface area contributed by atoms with Crippen molar-refractivity contribution in [2.24, 2.45) is 12.8 Å². The van der Waals surface area contributed by atoms with E-state index in [0.717, 1.165) is 25.7 Å². The van der Waals surface area contributed by atoms with Gasteiger partial charge in [-0.2, -0.15) is 4.98 Å². The van der Waals surface area contributed by atoms with Crippen LogP contribution < -0.4 is 11.4 Å². The lowest BCUT2D eigenvalue weighted by Gasteiger charge is -2.22. The molecule has 5 nitrogen and oxygen atoms in total. The normalized spacial score (nSPS) is 17.0. The highest BCUT2D eigenvalue weighted by atomic mass is 16.1. The fraction of sp³-hybridized carbons (Fsp3) is 0.583. The van der Waals surface area contributed by atoms with Crippen LogP contribution in [0.25, 0.3) is 0 Å². The second kappa shape index (κ2) is 4.69. The zero-order valence-corrected chi connectivity index (χ0v) is 9.98. The first-order chi connectivity index (χ1) is 8.09.